The van der Waals surface area contributed by atoms with E-state index in [1.165, 1.54) is 0 Å². The van der Waals surface area contributed by atoms with Crippen LogP contribution in [0.3, 0.4) is 0 Å². The normalized spacial score (nSPS) is 16.9. The molecule has 0 amide bonds. The van der Waals surface area contributed by atoms with Crippen LogP contribution in [0, 0.1) is 0 Å². The molecule has 2 aromatic carbocycles. The largest absolute Gasteiger partial charge is 0.508 e. The molecule has 1 aromatic heterocycles. The summed E-state index contributed by atoms with van der Waals surface area (Å²) >= 11 is 0. The predicted molar refractivity (Wildman–Crippen MR) is 110 cm³/mol. The van der Waals surface area contributed by atoms with Crippen molar-refractivity contribution in [2.75, 3.05) is 6.54 Å². The van der Waals surface area contributed by atoms with Gasteiger partial charge in [0.25, 0.3) is 0 Å². The van der Waals surface area contributed by atoms with Crippen LogP contribution < -0.4 is 0 Å². The smallest absolute Gasteiger partial charge is 0.416 e. The van der Waals surface area contributed by atoms with Crippen molar-refractivity contribution in [2.45, 2.75) is 44.4 Å². The van der Waals surface area contributed by atoms with Gasteiger partial charge in [-0.15, -0.1) is 0 Å². The van der Waals surface area contributed by atoms with E-state index in [1.807, 2.05) is 12.1 Å². The van der Waals surface area contributed by atoms with Crippen LogP contribution >= 0.6 is 0 Å². The van der Waals surface area contributed by atoms with Gasteiger partial charge in [0, 0.05) is 43.1 Å². The summed E-state index contributed by atoms with van der Waals surface area (Å²) in [5.41, 5.74) is 4.17. The van der Waals surface area contributed by atoms with Gasteiger partial charge in [-0.1, -0.05) is 12.1 Å². The lowest BCUT2D eigenvalue weighted by Gasteiger charge is -2.30. The molecule has 4 nitrogen and oxygen atoms in total. The van der Waals surface area contributed by atoms with E-state index >= 15 is 0 Å². The second kappa shape index (κ2) is 7.64. The second-order valence-corrected chi connectivity index (χ2v) is 8.33. The van der Waals surface area contributed by atoms with Gasteiger partial charge in [-0.2, -0.15) is 13.2 Å². The molecule has 0 atom stereocenters. The molecule has 0 bridgehead atoms. The van der Waals surface area contributed by atoms with Crippen molar-refractivity contribution >= 4 is 0 Å². The van der Waals surface area contributed by atoms with Gasteiger partial charge < -0.3 is 5.11 Å². The van der Waals surface area contributed by atoms with E-state index < -0.39 is 11.7 Å². The quantitative estimate of drug-likeness (QED) is 0.616. The van der Waals surface area contributed by atoms with Crippen LogP contribution in [0.15, 0.2) is 48.5 Å². The summed E-state index contributed by atoms with van der Waals surface area (Å²) in [4.78, 5) is 11.9. The molecule has 2 heterocycles. The Morgan fingerprint density at radius 3 is 2.32 bits per heavy atom. The highest BCUT2D eigenvalue weighted by Gasteiger charge is 2.31. The molecule has 5 rings (SSSR count). The number of alkyl halides is 3. The lowest BCUT2D eigenvalue weighted by molar-refractivity contribution is -0.137. The van der Waals surface area contributed by atoms with Gasteiger partial charge in [-0.05, 0) is 54.8 Å². The summed E-state index contributed by atoms with van der Waals surface area (Å²) in [5.74, 6) is 1.54. The van der Waals surface area contributed by atoms with E-state index in [0.717, 1.165) is 71.8 Å². The van der Waals surface area contributed by atoms with Gasteiger partial charge in [0.05, 0.1) is 17.0 Å². The average molecular weight is 425 g/mol. The first-order valence-corrected chi connectivity index (χ1v) is 10.4. The maximum Gasteiger partial charge on any atom is 0.416 e. The summed E-state index contributed by atoms with van der Waals surface area (Å²) in [6, 6.07) is 12.4. The second-order valence-electron chi connectivity index (χ2n) is 8.33. The Morgan fingerprint density at radius 1 is 0.968 bits per heavy atom. The molecule has 160 valence electrons. The van der Waals surface area contributed by atoms with Crippen molar-refractivity contribution in [1.29, 1.82) is 0 Å². The van der Waals surface area contributed by atoms with Crippen LogP contribution in [-0.4, -0.2) is 26.5 Å². The molecule has 1 saturated carbocycles. The summed E-state index contributed by atoms with van der Waals surface area (Å²) in [6.45, 7) is 2.00. The third-order valence-electron chi connectivity index (χ3n) is 5.93. The van der Waals surface area contributed by atoms with Crippen molar-refractivity contribution in [1.82, 2.24) is 14.9 Å². The van der Waals surface area contributed by atoms with Crippen molar-refractivity contribution in [3.05, 3.63) is 76.7 Å². The zero-order valence-electron chi connectivity index (χ0n) is 16.9. The lowest BCUT2D eigenvalue weighted by Crippen LogP contribution is -2.31. The topological polar surface area (TPSA) is 49.3 Å². The highest BCUT2D eigenvalue weighted by atomic mass is 19.4. The Kier molecular flexibility index (Phi) is 4.93. The van der Waals surface area contributed by atoms with Crippen LogP contribution in [0.1, 0.15) is 47.0 Å². The summed E-state index contributed by atoms with van der Waals surface area (Å²) in [7, 11) is 0. The summed E-state index contributed by atoms with van der Waals surface area (Å²) in [6.07, 6.45) is -1.30. The van der Waals surface area contributed by atoms with E-state index in [-0.39, 0.29) is 5.75 Å². The van der Waals surface area contributed by atoms with Crippen molar-refractivity contribution in [2.24, 2.45) is 0 Å². The van der Waals surface area contributed by atoms with Crippen LogP contribution in [0.25, 0.3) is 11.3 Å². The number of hydrogen-bond donors (Lipinski definition) is 1. The van der Waals surface area contributed by atoms with Gasteiger partial charge in [0.1, 0.15) is 11.6 Å². The fraction of sp³-hybridized carbons (Fsp3) is 0.333. The van der Waals surface area contributed by atoms with Crippen LogP contribution in [0.4, 0.5) is 13.2 Å². The van der Waals surface area contributed by atoms with Crippen LogP contribution in [0.2, 0.25) is 0 Å². The molecule has 0 spiro atoms. The Morgan fingerprint density at radius 2 is 1.68 bits per heavy atom. The van der Waals surface area contributed by atoms with E-state index in [2.05, 4.69) is 4.90 Å². The molecule has 1 fully saturated rings. The highest BCUT2D eigenvalue weighted by molar-refractivity contribution is 5.65. The summed E-state index contributed by atoms with van der Waals surface area (Å²) < 4.78 is 38.5. The molecule has 7 heteroatoms. The Labute approximate surface area is 178 Å². The maximum absolute atomic E-state index is 12.8. The molecule has 3 aromatic rings. The standard InChI is InChI=1S/C24H22F3N3O/c25-24(26,27)18-7-1-15(2-8-18)13-30-12-11-21-20(14-30)22(16-5-9-19(31)10-6-16)29-23(28-21)17-3-4-17/h1-2,5-10,17,31H,3-4,11-14H2. The van der Waals surface area contributed by atoms with Crippen molar-refractivity contribution in [3.63, 3.8) is 0 Å². The van der Waals surface area contributed by atoms with E-state index in [0.29, 0.717) is 19.0 Å². The molecular formula is C24H22F3N3O. The van der Waals surface area contributed by atoms with Gasteiger partial charge >= 0.3 is 6.18 Å². The SMILES string of the molecule is Oc1ccc(-c2nc(C3CC3)nc3c2CN(Cc2ccc(C(F)(F)F)cc2)CC3)cc1. The fourth-order valence-corrected chi connectivity index (χ4v) is 4.06. The molecule has 1 N–H and O–H groups in total. The number of aromatic nitrogens is 2. The minimum absolute atomic E-state index is 0.207. The molecular weight excluding hydrogens is 403 g/mol. The number of hydrogen-bond acceptors (Lipinski definition) is 4. The van der Waals surface area contributed by atoms with Gasteiger partial charge in [0.2, 0.25) is 0 Å². The first kappa shape index (κ1) is 20.0. The Balaban J connectivity index is 1.42. The number of nitrogens with zero attached hydrogens (tertiary/aromatic N) is 3. The predicted octanol–water partition coefficient (Wildman–Crippen LogP) is 5.30. The molecule has 1 aliphatic heterocycles. The Bertz CT molecular complexity index is 1090. The monoisotopic (exact) mass is 425 g/mol. The molecule has 0 unspecified atom stereocenters. The van der Waals surface area contributed by atoms with E-state index in [9.17, 15) is 18.3 Å². The Hall–Kier alpha value is -2.93. The first-order valence-electron chi connectivity index (χ1n) is 10.4. The van der Waals surface area contributed by atoms with Crippen molar-refractivity contribution in [3.8, 4) is 17.0 Å². The molecule has 31 heavy (non-hydrogen) atoms. The van der Waals surface area contributed by atoms with Gasteiger partial charge in [-0.3, -0.25) is 4.90 Å². The number of rotatable bonds is 4. The average Bonchev–Trinajstić information content (AvgIpc) is 3.59. The zero-order valence-corrected chi connectivity index (χ0v) is 16.9. The number of fused-ring (bicyclic) bond motifs is 1. The lowest BCUT2D eigenvalue weighted by atomic mass is 9.98. The number of benzene rings is 2. The number of halogens is 3. The molecule has 0 radical (unpaired) electrons. The maximum atomic E-state index is 12.8. The third kappa shape index (κ3) is 4.28. The first-order chi connectivity index (χ1) is 14.9. The fourth-order valence-electron chi connectivity index (χ4n) is 4.06. The number of aromatic hydroxyl groups is 1. The zero-order chi connectivity index (χ0) is 21.6. The molecule has 2 aliphatic rings. The number of phenols is 1. The minimum atomic E-state index is -4.32. The van der Waals surface area contributed by atoms with Gasteiger partial charge in [0.15, 0.2) is 0 Å². The van der Waals surface area contributed by atoms with Crippen molar-refractivity contribution < 1.29 is 18.3 Å². The van der Waals surface area contributed by atoms with Crippen LogP contribution in [-0.2, 0) is 25.7 Å². The summed E-state index contributed by atoms with van der Waals surface area (Å²) in [5, 5.41) is 9.66. The molecule has 0 saturated heterocycles. The van der Waals surface area contributed by atoms with E-state index in [1.54, 1.807) is 24.3 Å². The third-order valence-corrected chi connectivity index (χ3v) is 5.93. The number of phenolic OH excluding ortho intramolecular Hbond substituents is 1. The van der Waals surface area contributed by atoms with E-state index in [4.69, 9.17) is 9.97 Å². The van der Waals surface area contributed by atoms with Gasteiger partial charge in [-0.25, -0.2) is 9.97 Å². The highest BCUT2D eigenvalue weighted by Crippen LogP contribution is 2.40. The van der Waals surface area contributed by atoms with Crippen LogP contribution in [0.5, 0.6) is 5.75 Å². The molecule has 1 aliphatic carbocycles. The minimum Gasteiger partial charge on any atom is -0.508 e.